The Morgan fingerprint density at radius 3 is 2.19 bits per heavy atom. The average Bonchev–Trinajstić information content (AvgIpc) is 2.66. The highest BCUT2D eigenvalue weighted by atomic mass is 19.3. The van der Waals surface area contributed by atoms with E-state index in [2.05, 4.69) is 10.1 Å². The lowest BCUT2D eigenvalue weighted by molar-refractivity contribution is -0.111. The monoisotopic (exact) mass is 379 g/mol. The zero-order valence-electron chi connectivity index (χ0n) is 15.0. The fourth-order valence-corrected chi connectivity index (χ4v) is 2.25. The number of nitrogens with one attached hydrogen (secondary N) is 1. The molecule has 8 heteroatoms. The van der Waals surface area contributed by atoms with Crippen molar-refractivity contribution >= 4 is 17.7 Å². The van der Waals surface area contributed by atoms with Gasteiger partial charge in [-0.3, -0.25) is 4.79 Å². The van der Waals surface area contributed by atoms with Gasteiger partial charge in [0, 0.05) is 17.8 Å². The Labute approximate surface area is 155 Å². The Morgan fingerprint density at radius 1 is 0.926 bits per heavy atom. The van der Waals surface area contributed by atoms with Crippen molar-refractivity contribution in [3.8, 4) is 23.0 Å². The average molecular weight is 379 g/mol. The first-order chi connectivity index (χ1) is 13.0. The van der Waals surface area contributed by atoms with E-state index in [-0.39, 0.29) is 17.4 Å². The van der Waals surface area contributed by atoms with Crippen molar-refractivity contribution in [3.05, 3.63) is 48.0 Å². The van der Waals surface area contributed by atoms with Gasteiger partial charge in [0.15, 0.2) is 23.0 Å². The maximum atomic E-state index is 12.3. The Hall–Kier alpha value is -3.29. The molecule has 0 saturated heterocycles. The van der Waals surface area contributed by atoms with Crippen LogP contribution in [0.4, 0.5) is 14.5 Å². The van der Waals surface area contributed by atoms with Gasteiger partial charge in [-0.2, -0.15) is 8.78 Å². The van der Waals surface area contributed by atoms with Gasteiger partial charge in [0.05, 0.1) is 21.3 Å². The Bertz CT molecular complexity index is 824. The van der Waals surface area contributed by atoms with Gasteiger partial charge in [0.25, 0.3) is 0 Å². The van der Waals surface area contributed by atoms with Gasteiger partial charge in [0.2, 0.25) is 5.91 Å². The second-order valence-electron chi connectivity index (χ2n) is 5.18. The summed E-state index contributed by atoms with van der Waals surface area (Å²) in [6, 6.07) is 9.33. The van der Waals surface area contributed by atoms with E-state index in [0.29, 0.717) is 22.7 Å². The summed E-state index contributed by atoms with van der Waals surface area (Å²) in [7, 11) is 4.35. The Morgan fingerprint density at radius 2 is 1.56 bits per heavy atom. The topological polar surface area (TPSA) is 66.0 Å². The van der Waals surface area contributed by atoms with Crippen LogP contribution in [0.2, 0.25) is 0 Å². The molecule has 1 N–H and O–H groups in total. The van der Waals surface area contributed by atoms with Crippen LogP contribution in [-0.4, -0.2) is 33.8 Å². The summed E-state index contributed by atoms with van der Waals surface area (Å²) in [5, 5.41) is 2.69. The van der Waals surface area contributed by atoms with Crippen LogP contribution in [0.5, 0.6) is 23.0 Å². The second kappa shape index (κ2) is 9.42. The first kappa shape index (κ1) is 20.0. The normalized spacial score (nSPS) is 10.7. The van der Waals surface area contributed by atoms with Crippen molar-refractivity contribution in [3.63, 3.8) is 0 Å². The highest BCUT2D eigenvalue weighted by molar-refractivity contribution is 6.02. The number of carbonyl (C=O) groups is 1. The molecule has 2 aromatic carbocycles. The summed E-state index contributed by atoms with van der Waals surface area (Å²) < 4.78 is 44.4. The number of benzene rings is 2. The van der Waals surface area contributed by atoms with E-state index >= 15 is 0 Å². The number of ether oxygens (including phenoxy) is 4. The van der Waals surface area contributed by atoms with Gasteiger partial charge in [-0.05, 0) is 35.9 Å². The first-order valence-corrected chi connectivity index (χ1v) is 7.80. The molecule has 6 nitrogen and oxygen atoms in total. The quantitative estimate of drug-likeness (QED) is 0.703. The van der Waals surface area contributed by atoms with E-state index < -0.39 is 6.61 Å². The number of anilines is 1. The number of hydrogen-bond donors (Lipinski definition) is 1. The largest absolute Gasteiger partial charge is 0.493 e. The fraction of sp³-hybridized carbons (Fsp3) is 0.211. The lowest BCUT2D eigenvalue weighted by Gasteiger charge is -2.10. The number of hydrogen-bond acceptors (Lipinski definition) is 5. The summed E-state index contributed by atoms with van der Waals surface area (Å²) in [5.41, 5.74) is 1.11. The maximum absolute atomic E-state index is 12.3. The molecule has 2 aromatic rings. The number of carbonyl (C=O) groups excluding carboxylic acids is 1. The second-order valence-corrected chi connectivity index (χ2v) is 5.18. The maximum Gasteiger partial charge on any atom is 0.387 e. The number of rotatable bonds is 8. The van der Waals surface area contributed by atoms with Gasteiger partial charge < -0.3 is 24.3 Å². The minimum atomic E-state index is -2.95. The predicted octanol–water partition coefficient (Wildman–Crippen LogP) is 3.97. The smallest absolute Gasteiger partial charge is 0.387 e. The highest BCUT2D eigenvalue weighted by Gasteiger charge is 2.10. The molecule has 0 aliphatic carbocycles. The van der Waals surface area contributed by atoms with E-state index in [4.69, 9.17) is 14.2 Å². The van der Waals surface area contributed by atoms with Crippen LogP contribution in [0.1, 0.15) is 5.56 Å². The lowest BCUT2D eigenvalue weighted by atomic mass is 10.2. The van der Waals surface area contributed by atoms with Crippen molar-refractivity contribution < 1.29 is 32.5 Å². The van der Waals surface area contributed by atoms with E-state index in [1.165, 1.54) is 51.7 Å². The van der Waals surface area contributed by atoms with Crippen LogP contribution in [0.3, 0.4) is 0 Å². The first-order valence-electron chi connectivity index (χ1n) is 7.80. The number of methoxy groups -OCH3 is 3. The molecular formula is C19H19F2NO5. The summed E-state index contributed by atoms with van der Waals surface area (Å²) in [4.78, 5) is 12.1. The standard InChI is InChI=1S/C19H19F2NO5/c1-24-14-8-6-13(11-17(14)26-3)22-18(23)9-5-12-4-7-15(27-19(20)21)16(10-12)25-2/h4-11,19H,1-3H3,(H,22,23). The van der Waals surface area contributed by atoms with Crippen LogP contribution >= 0.6 is 0 Å². The van der Waals surface area contributed by atoms with Crippen LogP contribution in [0.15, 0.2) is 42.5 Å². The molecule has 0 bridgehead atoms. The Kier molecular flexibility index (Phi) is 6.99. The minimum absolute atomic E-state index is 0.0839. The van der Waals surface area contributed by atoms with Crippen LogP contribution < -0.4 is 24.3 Å². The van der Waals surface area contributed by atoms with Gasteiger partial charge >= 0.3 is 6.61 Å². The van der Waals surface area contributed by atoms with Crippen molar-refractivity contribution in [1.29, 1.82) is 0 Å². The fourth-order valence-electron chi connectivity index (χ4n) is 2.25. The molecule has 0 heterocycles. The zero-order valence-corrected chi connectivity index (χ0v) is 15.0. The van der Waals surface area contributed by atoms with Crippen molar-refractivity contribution in [1.82, 2.24) is 0 Å². The van der Waals surface area contributed by atoms with Gasteiger partial charge in [0.1, 0.15) is 0 Å². The molecule has 27 heavy (non-hydrogen) atoms. The van der Waals surface area contributed by atoms with Crippen LogP contribution in [-0.2, 0) is 4.79 Å². The molecule has 2 rings (SSSR count). The third-order valence-electron chi connectivity index (χ3n) is 3.48. The SMILES string of the molecule is COc1ccc(NC(=O)C=Cc2ccc(OC(F)F)c(OC)c2)cc1OC. The van der Waals surface area contributed by atoms with E-state index in [9.17, 15) is 13.6 Å². The molecule has 0 aliphatic heterocycles. The summed E-state index contributed by atoms with van der Waals surface area (Å²) in [6.07, 6.45) is 2.82. The predicted molar refractivity (Wildman–Crippen MR) is 96.8 cm³/mol. The highest BCUT2D eigenvalue weighted by Crippen LogP contribution is 2.31. The molecule has 0 atom stereocenters. The summed E-state index contributed by atoms with van der Waals surface area (Å²) in [5.74, 6) is 0.703. The molecule has 0 radical (unpaired) electrons. The minimum Gasteiger partial charge on any atom is -0.493 e. The molecule has 144 valence electrons. The van der Waals surface area contributed by atoms with E-state index in [1.54, 1.807) is 18.2 Å². The molecule has 0 aromatic heterocycles. The number of alkyl halides is 2. The number of halogens is 2. The van der Waals surface area contributed by atoms with Gasteiger partial charge in [-0.25, -0.2) is 0 Å². The third kappa shape index (κ3) is 5.60. The Balaban J connectivity index is 2.08. The van der Waals surface area contributed by atoms with Gasteiger partial charge in [-0.15, -0.1) is 0 Å². The third-order valence-corrected chi connectivity index (χ3v) is 3.48. The van der Waals surface area contributed by atoms with Crippen LogP contribution in [0.25, 0.3) is 6.08 Å². The molecule has 0 unspecified atom stereocenters. The molecular weight excluding hydrogens is 360 g/mol. The van der Waals surface area contributed by atoms with Crippen molar-refractivity contribution in [2.75, 3.05) is 26.6 Å². The zero-order chi connectivity index (χ0) is 19.8. The van der Waals surface area contributed by atoms with E-state index in [0.717, 1.165) is 0 Å². The molecule has 1 amide bonds. The summed E-state index contributed by atoms with van der Waals surface area (Å²) in [6.45, 7) is -2.95. The van der Waals surface area contributed by atoms with Crippen LogP contribution in [0, 0.1) is 0 Å². The van der Waals surface area contributed by atoms with Crippen molar-refractivity contribution in [2.24, 2.45) is 0 Å². The molecule has 0 saturated carbocycles. The molecule has 0 spiro atoms. The molecule has 0 fully saturated rings. The van der Waals surface area contributed by atoms with Crippen molar-refractivity contribution in [2.45, 2.75) is 6.61 Å². The molecule has 0 aliphatic rings. The van der Waals surface area contributed by atoms with Gasteiger partial charge in [-0.1, -0.05) is 6.07 Å². The van der Waals surface area contributed by atoms with E-state index in [1.807, 2.05) is 0 Å². The summed E-state index contributed by atoms with van der Waals surface area (Å²) >= 11 is 0. The number of amides is 1. The lowest BCUT2D eigenvalue weighted by Crippen LogP contribution is -2.08.